The van der Waals surface area contributed by atoms with Crippen molar-refractivity contribution in [1.29, 1.82) is 0 Å². The van der Waals surface area contributed by atoms with Crippen LogP contribution in [-0.2, 0) is 0 Å². The van der Waals surface area contributed by atoms with Crippen molar-refractivity contribution in [3.8, 4) is 0 Å². The Morgan fingerprint density at radius 3 is 2.71 bits per heavy atom. The number of hydrogen-bond acceptors (Lipinski definition) is 2. The van der Waals surface area contributed by atoms with Crippen LogP contribution in [0.3, 0.4) is 0 Å². The summed E-state index contributed by atoms with van der Waals surface area (Å²) in [6.45, 7) is 0. The zero-order valence-electron chi connectivity index (χ0n) is 9.28. The maximum absolute atomic E-state index is 12.6. The predicted molar refractivity (Wildman–Crippen MR) is 55.2 cm³/mol. The molecule has 2 nitrogen and oxygen atoms in total. The van der Waals surface area contributed by atoms with E-state index < -0.39 is 18.2 Å². The molecular formula is C12H15F3O2. The Morgan fingerprint density at radius 2 is 2.12 bits per heavy atom. The quantitative estimate of drug-likeness (QED) is 0.866. The minimum Gasteiger partial charge on any atom is -0.467 e. The lowest BCUT2D eigenvalue weighted by Gasteiger charge is -2.32. The highest BCUT2D eigenvalue weighted by molar-refractivity contribution is 5.04. The largest absolute Gasteiger partial charge is 0.467 e. The molecule has 96 valence electrons. The Hall–Kier alpha value is -0.970. The summed E-state index contributed by atoms with van der Waals surface area (Å²) in [5, 5.41) is 9.96. The number of aliphatic hydroxyl groups excluding tert-OH is 1. The third kappa shape index (κ3) is 2.83. The molecule has 1 aromatic heterocycles. The second kappa shape index (κ2) is 4.72. The van der Waals surface area contributed by atoms with E-state index in [0.29, 0.717) is 18.6 Å². The molecule has 0 radical (unpaired) electrons. The van der Waals surface area contributed by atoms with Gasteiger partial charge in [-0.25, -0.2) is 0 Å². The molecule has 2 rings (SSSR count). The van der Waals surface area contributed by atoms with E-state index in [1.807, 2.05) is 0 Å². The van der Waals surface area contributed by atoms with E-state index >= 15 is 0 Å². The van der Waals surface area contributed by atoms with Crippen LogP contribution in [0.15, 0.2) is 22.8 Å². The van der Waals surface area contributed by atoms with E-state index in [4.69, 9.17) is 4.42 Å². The lowest BCUT2D eigenvalue weighted by molar-refractivity contribution is -0.189. The van der Waals surface area contributed by atoms with Crippen molar-refractivity contribution < 1.29 is 22.7 Å². The summed E-state index contributed by atoms with van der Waals surface area (Å²) in [6.07, 6.45) is -2.36. The summed E-state index contributed by atoms with van der Waals surface area (Å²) in [4.78, 5) is 0. The van der Waals surface area contributed by atoms with Crippen molar-refractivity contribution >= 4 is 0 Å². The number of hydrogen-bond donors (Lipinski definition) is 1. The van der Waals surface area contributed by atoms with Gasteiger partial charge in [0.2, 0.25) is 0 Å². The first-order chi connectivity index (χ1) is 7.98. The average molecular weight is 248 g/mol. The standard InChI is InChI=1S/C12H15F3O2/c13-12(14,15)9-4-1-3-8(7-9)11(16)10-5-2-6-17-10/h2,5-6,8-9,11,16H,1,3-4,7H2. The van der Waals surface area contributed by atoms with Gasteiger partial charge in [0.15, 0.2) is 0 Å². The van der Waals surface area contributed by atoms with Crippen LogP contribution in [0.2, 0.25) is 0 Å². The first-order valence-corrected chi connectivity index (χ1v) is 5.76. The molecule has 0 aromatic carbocycles. The van der Waals surface area contributed by atoms with Crippen LogP contribution < -0.4 is 0 Å². The number of aliphatic hydroxyl groups is 1. The van der Waals surface area contributed by atoms with Gasteiger partial charge in [-0.15, -0.1) is 0 Å². The van der Waals surface area contributed by atoms with Gasteiger partial charge in [-0.2, -0.15) is 13.2 Å². The van der Waals surface area contributed by atoms with Crippen molar-refractivity contribution in [3.05, 3.63) is 24.2 Å². The van der Waals surface area contributed by atoms with Crippen LogP contribution in [-0.4, -0.2) is 11.3 Å². The van der Waals surface area contributed by atoms with Crippen LogP contribution in [0.25, 0.3) is 0 Å². The van der Waals surface area contributed by atoms with E-state index in [0.717, 1.165) is 0 Å². The average Bonchev–Trinajstić information content (AvgIpc) is 2.80. The van der Waals surface area contributed by atoms with Crippen LogP contribution in [0, 0.1) is 11.8 Å². The Morgan fingerprint density at radius 1 is 1.35 bits per heavy atom. The van der Waals surface area contributed by atoms with Crippen molar-refractivity contribution in [1.82, 2.24) is 0 Å². The summed E-state index contributed by atoms with van der Waals surface area (Å²) in [6, 6.07) is 3.23. The Bertz CT molecular complexity index is 345. The fraction of sp³-hybridized carbons (Fsp3) is 0.667. The lowest BCUT2D eigenvalue weighted by atomic mass is 9.78. The number of halogens is 3. The molecular weight excluding hydrogens is 233 g/mol. The molecule has 1 saturated carbocycles. The molecule has 3 atom stereocenters. The number of alkyl halides is 3. The summed E-state index contributed by atoms with van der Waals surface area (Å²) in [5.41, 5.74) is 0. The van der Waals surface area contributed by atoms with E-state index in [-0.39, 0.29) is 18.8 Å². The normalized spacial score (nSPS) is 28.0. The van der Waals surface area contributed by atoms with E-state index in [1.54, 1.807) is 12.1 Å². The molecule has 0 saturated heterocycles. The summed E-state index contributed by atoms with van der Waals surface area (Å²) < 4.78 is 42.9. The van der Waals surface area contributed by atoms with E-state index in [9.17, 15) is 18.3 Å². The second-order valence-electron chi connectivity index (χ2n) is 4.63. The maximum atomic E-state index is 12.6. The molecule has 5 heteroatoms. The highest BCUT2D eigenvalue weighted by Crippen LogP contribution is 2.43. The van der Waals surface area contributed by atoms with Crippen LogP contribution >= 0.6 is 0 Å². The van der Waals surface area contributed by atoms with Gasteiger partial charge in [-0.3, -0.25) is 0 Å². The van der Waals surface area contributed by atoms with Crippen molar-refractivity contribution in [2.75, 3.05) is 0 Å². The zero-order valence-corrected chi connectivity index (χ0v) is 9.28. The SMILES string of the molecule is OC(c1ccco1)C1CCCC(C(F)(F)F)C1. The topological polar surface area (TPSA) is 33.4 Å². The second-order valence-corrected chi connectivity index (χ2v) is 4.63. The zero-order chi connectivity index (χ0) is 12.5. The first-order valence-electron chi connectivity index (χ1n) is 5.76. The van der Waals surface area contributed by atoms with Gasteiger partial charge in [0.1, 0.15) is 11.9 Å². The molecule has 3 unspecified atom stereocenters. The molecule has 17 heavy (non-hydrogen) atoms. The Labute approximate surface area is 97.4 Å². The molecule has 0 spiro atoms. The van der Waals surface area contributed by atoms with Gasteiger partial charge in [0, 0.05) is 0 Å². The molecule has 1 aliphatic rings. The lowest BCUT2D eigenvalue weighted by Crippen LogP contribution is -2.30. The third-order valence-corrected chi connectivity index (χ3v) is 3.46. The molecule has 1 N–H and O–H groups in total. The summed E-state index contributed by atoms with van der Waals surface area (Å²) in [5.74, 6) is -1.29. The van der Waals surface area contributed by atoms with Crippen LogP contribution in [0.5, 0.6) is 0 Å². The monoisotopic (exact) mass is 248 g/mol. The minimum atomic E-state index is -4.15. The molecule has 1 fully saturated rings. The van der Waals surface area contributed by atoms with Gasteiger partial charge in [-0.05, 0) is 37.3 Å². The fourth-order valence-electron chi connectivity index (χ4n) is 2.50. The molecule has 0 amide bonds. The highest BCUT2D eigenvalue weighted by atomic mass is 19.4. The first kappa shape index (κ1) is 12.5. The van der Waals surface area contributed by atoms with Crippen molar-refractivity contribution in [2.45, 2.75) is 38.0 Å². The Balaban J connectivity index is 2.02. The van der Waals surface area contributed by atoms with Crippen LogP contribution in [0.1, 0.15) is 37.5 Å². The van der Waals surface area contributed by atoms with Gasteiger partial charge >= 0.3 is 6.18 Å². The fourth-order valence-corrected chi connectivity index (χ4v) is 2.50. The predicted octanol–water partition coefficient (Wildman–Crippen LogP) is 3.68. The van der Waals surface area contributed by atoms with E-state index in [2.05, 4.69) is 0 Å². The molecule has 1 heterocycles. The summed E-state index contributed by atoms with van der Waals surface area (Å²) >= 11 is 0. The highest BCUT2D eigenvalue weighted by Gasteiger charge is 2.43. The number of rotatable bonds is 2. The van der Waals surface area contributed by atoms with Gasteiger partial charge in [0.25, 0.3) is 0 Å². The molecule has 1 aliphatic carbocycles. The smallest absolute Gasteiger partial charge is 0.391 e. The van der Waals surface area contributed by atoms with E-state index in [1.165, 1.54) is 6.26 Å². The molecule has 0 bridgehead atoms. The third-order valence-electron chi connectivity index (χ3n) is 3.46. The van der Waals surface area contributed by atoms with Gasteiger partial charge in [-0.1, -0.05) is 6.42 Å². The maximum Gasteiger partial charge on any atom is 0.391 e. The van der Waals surface area contributed by atoms with Gasteiger partial charge in [0.05, 0.1) is 12.2 Å². The molecule has 1 aromatic rings. The van der Waals surface area contributed by atoms with Crippen molar-refractivity contribution in [2.24, 2.45) is 11.8 Å². The number of furan rings is 1. The van der Waals surface area contributed by atoms with Gasteiger partial charge < -0.3 is 9.52 Å². The minimum absolute atomic E-state index is 0.00856. The summed E-state index contributed by atoms with van der Waals surface area (Å²) in [7, 11) is 0. The van der Waals surface area contributed by atoms with Crippen LogP contribution in [0.4, 0.5) is 13.2 Å². The Kier molecular flexibility index (Phi) is 3.47. The molecule has 0 aliphatic heterocycles. The van der Waals surface area contributed by atoms with Crippen molar-refractivity contribution in [3.63, 3.8) is 0 Å².